The van der Waals surface area contributed by atoms with Gasteiger partial charge >= 0.3 is 0 Å². The molecular formula is C20H26ClNO2. The van der Waals surface area contributed by atoms with Gasteiger partial charge in [0.2, 0.25) is 0 Å². The van der Waals surface area contributed by atoms with Gasteiger partial charge in [-0.2, -0.15) is 0 Å². The first kappa shape index (κ1) is 18.6. The molecule has 0 bridgehead atoms. The first-order valence-electron chi connectivity index (χ1n) is 8.28. The van der Waals surface area contributed by atoms with Crippen molar-refractivity contribution in [2.24, 2.45) is 0 Å². The molecule has 0 heterocycles. The van der Waals surface area contributed by atoms with Gasteiger partial charge in [0, 0.05) is 11.6 Å². The third-order valence-electron chi connectivity index (χ3n) is 4.07. The average molecular weight is 348 g/mol. The molecule has 0 unspecified atom stereocenters. The molecule has 2 aromatic rings. The summed E-state index contributed by atoms with van der Waals surface area (Å²) in [5.41, 5.74) is 4.70. The number of halogens is 1. The van der Waals surface area contributed by atoms with Crippen LogP contribution < -0.4 is 14.8 Å². The molecule has 0 aromatic heterocycles. The van der Waals surface area contributed by atoms with Crippen LogP contribution in [0.1, 0.15) is 29.2 Å². The highest BCUT2D eigenvalue weighted by molar-refractivity contribution is 6.30. The molecule has 0 spiro atoms. The number of methoxy groups -OCH3 is 2. The zero-order valence-electron chi connectivity index (χ0n) is 14.9. The molecule has 0 aliphatic heterocycles. The van der Waals surface area contributed by atoms with Gasteiger partial charge in [-0.25, -0.2) is 0 Å². The summed E-state index contributed by atoms with van der Waals surface area (Å²) in [6, 6.07) is 10.3. The number of aryl methyl sites for hydroxylation is 2. The zero-order chi connectivity index (χ0) is 17.5. The summed E-state index contributed by atoms with van der Waals surface area (Å²) < 4.78 is 11.0. The fourth-order valence-electron chi connectivity index (χ4n) is 2.87. The minimum absolute atomic E-state index is 0.786. The third kappa shape index (κ3) is 4.89. The summed E-state index contributed by atoms with van der Waals surface area (Å²) >= 11 is 6.10. The van der Waals surface area contributed by atoms with E-state index in [1.165, 1.54) is 16.7 Å². The van der Waals surface area contributed by atoms with E-state index in [0.717, 1.165) is 48.0 Å². The van der Waals surface area contributed by atoms with Crippen LogP contribution in [0.5, 0.6) is 11.5 Å². The van der Waals surface area contributed by atoms with Crippen LogP contribution in [0, 0.1) is 6.92 Å². The van der Waals surface area contributed by atoms with Gasteiger partial charge in [0.05, 0.1) is 14.2 Å². The lowest BCUT2D eigenvalue weighted by Gasteiger charge is -2.14. The highest BCUT2D eigenvalue weighted by Gasteiger charge is 2.10. The third-order valence-corrected chi connectivity index (χ3v) is 4.28. The number of hydrogen-bond donors (Lipinski definition) is 1. The summed E-state index contributed by atoms with van der Waals surface area (Å²) in [4.78, 5) is 0. The Bertz CT molecular complexity index is 665. The highest BCUT2D eigenvalue weighted by Crippen LogP contribution is 2.29. The lowest BCUT2D eigenvalue weighted by molar-refractivity contribution is 0.394. The van der Waals surface area contributed by atoms with Crippen LogP contribution in [0.25, 0.3) is 0 Å². The molecule has 0 saturated carbocycles. The highest BCUT2D eigenvalue weighted by atomic mass is 35.5. The number of nitrogens with one attached hydrogen (secondary N) is 1. The van der Waals surface area contributed by atoms with E-state index in [0.29, 0.717) is 0 Å². The molecule has 0 aliphatic carbocycles. The average Bonchev–Trinajstić information content (AvgIpc) is 2.57. The predicted molar refractivity (Wildman–Crippen MR) is 101 cm³/mol. The van der Waals surface area contributed by atoms with E-state index in [2.05, 4.69) is 37.4 Å². The molecule has 0 aliphatic rings. The smallest absolute Gasteiger partial charge is 0.122 e. The quantitative estimate of drug-likeness (QED) is 0.710. The maximum atomic E-state index is 6.10. The Morgan fingerprint density at radius 2 is 1.62 bits per heavy atom. The van der Waals surface area contributed by atoms with Gasteiger partial charge in [-0.3, -0.25) is 0 Å². The monoisotopic (exact) mass is 347 g/mol. The Labute approximate surface area is 149 Å². The van der Waals surface area contributed by atoms with Crippen LogP contribution >= 0.6 is 11.6 Å². The van der Waals surface area contributed by atoms with E-state index in [9.17, 15) is 0 Å². The Morgan fingerprint density at radius 3 is 2.25 bits per heavy atom. The van der Waals surface area contributed by atoms with Crippen molar-refractivity contribution in [1.29, 1.82) is 0 Å². The Kier molecular flexibility index (Phi) is 6.95. The number of hydrogen-bond acceptors (Lipinski definition) is 3. The van der Waals surface area contributed by atoms with Crippen LogP contribution in [0.2, 0.25) is 5.02 Å². The molecule has 0 amide bonds. The molecular weight excluding hydrogens is 322 g/mol. The maximum absolute atomic E-state index is 6.10. The van der Waals surface area contributed by atoms with Crippen molar-refractivity contribution in [3.05, 3.63) is 57.6 Å². The second kappa shape index (κ2) is 8.95. The second-order valence-electron chi connectivity index (χ2n) is 5.89. The fourth-order valence-corrected chi connectivity index (χ4v) is 3.18. The van der Waals surface area contributed by atoms with E-state index in [1.54, 1.807) is 14.2 Å². The molecule has 1 N–H and O–H groups in total. The molecule has 3 nitrogen and oxygen atoms in total. The summed E-state index contributed by atoms with van der Waals surface area (Å²) in [7, 11) is 3.43. The van der Waals surface area contributed by atoms with Crippen molar-refractivity contribution in [1.82, 2.24) is 5.32 Å². The maximum Gasteiger partial charge on any atom is 0.122 e. The molecule has 0 saturated heterocycles. The topological polar surface area (TPSA) is 30.5 Å². The van der Waals surface area contributed by atoms with E-state index < -0.39 is 0 Å². The van der Waals surface area contributed by atoms with Crippen molar-refractivity contribution in [3.63, 3.8) is 0 Å². The fraction of sp³-hybridized carbons (Fsp3) is 0.400. The molecule has 24 heavy (non-hydrogen) atoms. The van der Waals surface area contributed by atoms with Crippen molar-refractivity contribution in [2.75, 3.05) is 20.8 Å². The van der Waals surface area contributed by atoms with Gasteiger partial charge < -0.3 is 14.8 Å². The lowest BCUT2D eigenvalue weighted by atomic mass is 10.0. The van der Waals surface area contributed by atoms with Gasteiger partial charge in [-0.1, -0.05) is 24.6 Å². The molecule has 2 aromatic carbocycles. The molecule has 130 valence electrons. The summed E-state index contributed by atoms with van der Waals surface area (Å²) in [6.45, 7) is 5.83. The minimum Gasteiger partial charge on any atom is -0.496 e. The molecule has 0 fully saturated rings. The predicted octanol–water partition coefficient (Wildman–Crippen LogP) is 4.56. The SMILES string of the molecule is CCc1cc(OC)c(CCNCc2cc(C)cc(Cl)c2)cc1OC. The Morgan fingerprint density at radius 1 is 0.958 bits per heavy atom. The largest absolute Gasteiger partial charge is 0.496 e. The van der Waals surface area contributed by atoms with Crippen LogP contribution in [-0.2, 0) is 19.4 Å². The standard InChI is InChI=1S/C20H26ClNO2/c1-5-16-11-20(24-4)17(12-19(16)23-3)6-7-22-13-15-8-14(2)9-18(21)10-15/h8-12,22H,5-7,13H2,1-4H3. The van der Waals surface area contributed by atoms with Gasteiger partial charge in [0.15, 0.2) is 0 Å². The lowest BCUT2D eigenvalue weighted by Crippen LogP contribution is -2.17. The van der Waals surface area contributed by atoms with Gasteiger partial charge in [-0.05, 0) is 72.8 Å². The number of ether oxygens (including phenoxy) is 2. The Hall–Kier alpha value is -1.71. The van der Waals surface area contributed by atoms with E-state index >= 15 is 0 Å². The van der Waals surface area contributed by atoms with E-state index in [-0.39, 0.29) is 0 Å². The Balaban J connectivity index is 1.98. The van der Waals surface area contributed by atoms with E-state index in [4.69, 9.17) is 21.1 Å². The van der Waals surface area contributed by atoms with Crippen molar-refractivity contribution in [2.45, 2.75) is 33.2 Å². The normalized spacial score (nSPS) is 10.7. The molecule has 0 atom stereocenters. The first-order chi connectivity index (χ1) is 11.6. The number of benzene rings is 2. The summed E-state index contributed by atoms with van der Waals surface area (Å²) in [5, 5.41) is 4.25. The number of rotatable bonds is 8. The second-order valence-corrected chi connectivity index (χ2v) is 6.33. The minimum atomic E-state index is 0.786. The molecule has 4 heteroatoms. The van der Waals surface area contributed by atoms with Gasteiger partial charge in [0.25, 0.3) is 0 Å². The molecule has 0 radical (unpaired) electrons. The summed E-state index contributed by atoms with van der Waals surface area (Å²) in [6.07, 6.45) is 1.80. The van der Waals surface area contributed by atoms with Crippen LogP contribution in [0.15, 0.2) is 30.3 Å². The van der Waals surface area contributed by atoms with Gasteiger partial charge in [0.1, 0.15) is 11.5 Å². The van der Waals surface area contributed by atoms with Crippen molar-refractivity contribution in [3.8, 4) is 11.5 Å². The van der Waals surface area contributed by atoms with E-state index in [1.807, 2.05) is 12.1 Å². The summed E-state index contributed by atoms with van der Waals surface area (Å²) in [5.74, 6) is 1.85. The van der Waals surface area contributed by atoms with Gasteiger partial charge in [-0.15, -0.1) is 0 Å². The zero-order valence-corrected chi connectivity index (χ0v) is 15.7. The molecule has 2 rings (SSSR count). The van der Waals surface area contributed by atoms with Crippen LogP contribution in [0.4, 0.5) is 0 Å². The van der Waals surface area contributed by atoms with Crippen molar-refractivity contribution >= 4 is 11.6 Å². The van der Waals surface area contributed by atoms with Crippen LogP contribution in [0.3, 0.4) is 0 Å². The van der Waals surface area contributed by atoms with Crippen LogP contribution in [-0.4, -0.2) is 20.8 Å². The first-order valence-corrected chi connectivity index (χ1v) is 8.65. The van der Waals surface area contributed by atoms with Crippen molar-refractivity contribution < 1.29 is 9.47 Å².